The highest BCUT2D eigenvalue weighted by molar-refractivity contribution is 6.05. The third-order valence-electron chi connectivity index (χ3n) is 5.94. The van der Waals surface area contributed by atoms with Crippen LogP contribution in [-0.4, -0.2) is 71.4 Å². The van der Waals surface area contributed by atoms with Crippen LogP contribution in [0, 0.1) is 11.7 Å². The molecule has 0 spiro atoms. The first-order chi connectivity index (χ1) is 17.7. The fourth-order valence-electron chi connectivity index (χ4n) is 4.14. The Kier molecular flexibility index (Phi) is 10.6. The van der Waals surface area contributed by atoms with E-state index in [9.17, 15) is 32.3 Å². The minimum Gasteiger partial charge on any atom is -0.478 e. The van der Waals surface area contributed by atoms with Gasteiger partial charge in [-0.15, -0.1) is 0 Å². The number of aliphatic carboxylic acids is 1. The first-order valence-corrected chi connectivity index (χ1v) is 11.9. The fourth-order valence-corrected chi connectivity index (χ4v) is 4.14. The van der Waals surface area contributed by atoms with Crippen LogP contribution in [0.3, 0.4) is 0 Å². The number of nitrogens with one attached hydrogen (secondary N) is 1. The summed E-state index contributed by atoms with van der Waals surface area (Å²) in [5.74, 6) is -4.42. The number of carbonyl (C=O) groups excluding carboxylic acids is 1. The van der Waals surface area contributed by atoms with Crippen LogP contribution in [0.5, 0.6) is 0 Å². The maximum Gasteiger partial charge on any atom is 0.490 e. The van der Waals surface area contributed by atoms with Crippen molar-refractivity contribution in [1.29, 1.82) is 0 Å². The number of alkyl halides is 3. The molecule has 12 heteroatoms. The summed E-state index contributed by atoms with van der Waals surface area (Å²) in [5, 5.41) is 19.5. The minimum atomic E-state index is -5.08. The minimum absolute atomic E-state index is 0.0879. The zero-order chi connectivity index (χ0) is 28.6. The number of nitrogens with zero attached hydrogens (tertiary/aromatic N) is 2. The van der Waals surface area contributed by atoms with Crippen LogP contribution >= 0.6 is 0 Å². The van der Waals surface area contributed by atoms with Gasteiger partial charge in [-0.25, -0.2) is 14.0 Å². The molecule has 0 aromatic heterocycles. The Labute approximate surface area is 217 Å². The number of halogens is 4. The number of benzene rings is 2. The summed E-state index contributed by atoms with van der Waals surface area (Å²) >= 11 is 0. The van der Waals surface area contributed by atoms with E-state index >= 15 is 0 Å². The molecular formula is C26H31F4N3O5. The van der Waals surface area contributed by atoms with E-state index in [-0.39, 0.29) is 11.1 Å². The molecule has 208 valence electrons. The summed E-state index contributed by atoms with van der Waals surface area (Å²) < 4.78 is 45.6. The summed E-state index contributed by atoms with van der Waals surface area (Å²) in [6.45, 7) is 9.91. The summed E-state index contributed by atoms with van der Waals surface area (Å²) in [7, 11) is 0. The molecule has 1 fully saturated rings. The molecule has 1 amide bonds. The smallest absolute Gasteiger partial charge is 0.478 e. The molecule has 1 saturated heterocycles. The zero-order valence-electron chi connectivity index (χ0n) is 21.3. The van der Waals surface area contributed by atoms with Gasteiger partial charge in [-0.1, -0.05) is 26.0 Å². The Hall–Kier alpha value is -3.67. The second-order valence-corrected chi connectivity index (χ2v) is 9.28. The molecule has 0 aliphatic carbocycles. The van der Waals surface area contributed by atoms with Crippen LogP contribution in [0.15, 0.2) is 42.5 Å². The van der Waals surface area contributed by atoms with E-state index < -0.39 is 29.8 Å². The largest absolute Gasteiger partial charge is 0.490 e. The van der Waals surface area contributed by atoms with E-state index in [1.807, 2.05) is 0 Å². The highest BCUT2D eigenvalue weighted by Crippen LogP contribution is 2.27. The molecule has 0 radical (unpaired) electrons. The molecule has 1 aliphatic heterocycles. The molecule has 1 heterocycles. The van der Waals surface area contributed by atoms with E-state index in [1.165, 1.54) is 24.3 Å². The Bertz CT molecular complexity index is 1130. The number of carboxylic acid groups (broad SMARTS) is 2. The Balaban J connectivity index is 0.000000638. The maximum atomic E-state index is 13.8. The van der Waals surface area contributed by atoms with Crippen LogP contribution in [0.25, 0.3) is 0 Å². The van der Waals surface area contributed by atoms with Gasteiger partial charge >= 0.3 is 18.1 Å². The van der Waals surface area contributed by atoms with Gasteiger partial charge in [0.15, 0.2) is 0 Å². The predicted molar refractivity (Wildman–Crippen MR) is 134 cm³/mol. The van der Waals surface area contributed by atoms with E-state index in [2.05, 4.69) is 35.9 Å². The molecule has 1 aliphatic rings. The van der Waals surface area contributed by atoms with Crippen molar-refractivity contribution in [1.82, 2.24) is 4.90 Å². The molecular weight excluding hydrogens is 510 g/mol. The number of rotatable bonds is 7. The average Bonchev–Trinajstić information content (AvgIpc) is 2.83. The lowest BCUT2D eigenvalue weighted by Crippen LogP contribution is -2.50. The number of carboxylic acids is 2. The van der Waals surface area contributed by atoms with E-state index in [0.29, 0.717) is 23.3 Å². The summed E-state index contributed by atoms with van der Waals surface area (Å²) in [6, 6.07) is 11.0. The van der Waals surface area contributed by atoms with Crippen molar-refractivity contribution in [3.8, 4) is 0 Å². The van der Waals surface area contributed by atoms with E-state index in [4.69, 9.17) is 9.90 Å². The highest BCUT2D eigenvalue weighted by atomic mass is 19.4. The lowest BCUT2D eigenvalue weighted by Gasteiger charge is -2.40. The van der Waals surface area contributed by atoms with Gasteiger partial charge in [0.2, 0.25) is 0 Å². The molecule has 38 heavy (non-hydrogen) atoms. The van der Waals surface area contributed by atoms with Gasteiger partial charge in [0, 0.05) is 37.9 Å². The Morgan fingerprint density at radius 1 is 0.947 bits per heavy atom. The van der Waals surface area contributed by atoms with Crippen molar-refractivity contribution in [2.75, 3.05) is 36.4 Å². The second-order valence-electron chi connectivity index (χ2n) is 9.28. The third-order valence-corrected chi connectivity index (χ3v) is 5.94. The second kappa shape index (κ2) is 13.2. The van der Waals surface area contributed by atoms with Crippen molar-refractivity contribution in [2.24, 2.45) is 5.92 Å². The van der Waals surface area contributed by atoms with Crippen molar-refractivity contribution in [3.63, 3.8) is 0 Å². The van der Waals surface area contributed by atoms with Gasteiger partial charge in [0.1, 0.15) is 5.82 Å². The van der Waals surface area contributed by atoms with Gasteiger partial charge in [0.05, 0.1) is 16.8 Å². The molecule has 8 nitrogen and oxygen atoms in total. The zero-order valence-corrected chi connectivity index (χ0v) is 21.3. The van der Waals surface area contributed by atoms with Crippen molar-refractivity contribution >= 4 is 29.2 Å². The normalized spacial score (nSPS) is 14.9. The van der Waals surface area contributed by atoms with Crippen LogP contribution in [0.2, 0.25) is 0 Å². The van der Waals surface area contributed by atoms with Gasteiger partial charge < -0.3 is 20.4 Å². The monoisotopic (exact) mass is 541 g/mol. The predicted octanol–water partition coefficient (Wildman–Crippen LogP) is 4.97. The van der Waals surface area contributed by atoms with E-state index in [0.717, 1.165) is 32.6 Å². The average molecular weight is 542 g/mol. The highest BCUT2D eigenvalue weighted by Gasteiger charge is 2.38. The Morgan fingerprint density at radius 2 is 1.53 bits per heavy atom. The number of carbonyl (C=O) groups is 3. The van der Waals surface area contributed by atoms with Crippen LogP contribution in [0.1, 0.15) is 47.9 Å². The first-order valence-electron chi connectivity index (χ1n) is 11.9. The quantitative estimate of drug-likeness (QED) is 0.425. The first kappa shape index (κ1) is 30.6. The molecule has 2 aromatic carbocycles. The van der Waals surface area contributed by atoms with E-state index in [1.54, 1.807) is 18.2 Å². The lowest BCUT2D eigenvalue weighted by atomic mass is 10.0. The summed E-state index contributed by atoms with van der Waals surface area (Å²) in [6.07, 6.45) is -3.95. The van der Waals surface area contributed by atoms with Crippen molar-refractivity contribution in [2.45, 2.75) is 39.4 Å². The van der Waals surface area contributed by atoms with Gasteiger partial charge in [-0.2, -0.15) is 13.2 Å². The Morgan fingerprint density at radius 3 is 2.03 bits per heavy atom. The molecule has 2 aromatic rings. The van der Waals surface area contributed by atoms with Gasteiger partial charge in [-0.05, 0) is 49.6 Å². The third kappa shape index (κ3) is 8.72. The van der Waals surface area contributed by atoms with Crippen molar-refractivity contribution in [3.05, 3.63) is 59.4 Å². The lowest BCUT2D eigenvalue weighted by molar-refractivity contribution is -0.192. The van der Waals surface area contributed by atoms with Gasteiger partial charge in [-0.3, -0.25) is 9.69 Å². The number of anilines is 2. The number of hydrogen-bond acceptors (Lipinski definition) is 5. The molecule has 1 unspecified atom stereocenters. The topological polar surface area (TPSA) is 110 Å². The summed E-state index contributed by atoms with van der Waals surface area (Å²) in [4.78, 5) is 37.7. The van der Waals surface area contributed by atoms with Crippen LogP contribution < -0.4 is 10.2 Å². The van der Waals surface area contributed by atoms with Crippen LogP contribution in [0.4, 0.5) is 28.9 Å². The fraction of sp³-hybridized carbons (Fsp3) is 0.423. The number of hydrogen-bond donors (Lipinski definition) is 3. The molecule has 0 saturated carbocycles. The van der Waals surface area contributed by atoms with Gasteiger partial charge in [0.25, 0.3) is 5.91 Å². The van der Waals surface area contributed by atoms with Crippen LogP contribution in [-0.2, 0) is 4.79 Å². The molecule has 1 atom stereocenters. The maximum absolute atomic E-state index is 13.8. The summed E-state index contributed by atoms with van der Waals surface area (Å²) in [5.41, 5.74) is 0.983. The SMILES string of the molecule is CC(C)CC(C)N1CCN(c2ccc(NC(=O)c3ccccc3F)cc2C(=O)O)CC1.O=C(O)C(F)(F)F. The number of piperazine rings is 1. The number of amides is 1. The molecule has 0 bridgehead atoms. The molecule has 3 N–H and O–H groups in total. The molecule has 3 rings (SSSR count). The standard InChI is InChI=1S/C24H30FN3O3.C2HF3O2/c1-16(2)14-17(3)27-10-12-28(13-11-27)22-9-8-18(15-20(22)24(30)31)26-23(29)19-6-4-5-7-21(19)25;3-2(4,5)1(6)7/h4-9,15-17H,10-14H2,1-3H3,(H,26,29)(H,30,31);(H,6,7). The van der Waals surface area contributed by atoms with Crippen molar-refractivity contribution < 1.29 is 42.2 Å². The number of aromatic carboxylic acids is 1.